The number of benzene rings is 5. The maximum absolute atomic E-state index is 4.64. The monoisotopic (exact) mass is 597 g/mol. The molecular weight excluding hydrogens is 571 g/mol. The summed E-state index contributed by atoms with van der Waals surface area (Å²) >= 11 is 3.63. The maximum Gasteiger partial charge on any atom is 0.0434 e. The molecule has 0 unspecified atom stereocenters. The zero-order chi connectivity index (χ0) is 29.3. The highest BCUT2D eigenvalue weighted by molar-refractivity contribution is 7.15. The standard InChI is InChI=1S/C41H27NS2/c1-5-13-28(14-6-1)36-26-43-40(38(36)30-17-9-3-10-18-30)33-21-22-34(35-25-42-24-23-32(33)35)41-39(31-19-11-4-12-20-31)37(27-44-41)29-15-7-2-8-16-29/h1-27H. The zero-order valence-electron chi connectivity index (χ0n) is 23.9. The second-order valence-electron chi connectivity index (χ2n) is 10.8. The number of hydrogen-bond donors (Lipinski definition) is 0. The van der Waals surface area contributed by atoms with E-state index in [1.807, 2.05) is 35.1 Å². The third-order valence-corrected chi connectivity index (χ3v) is 10.2. The number of thiophene rings is 2. The lowest BCUT2D eigenvalue weighted by atomic mass is 9.90. The zero-order valence-corrected chi connectivity index (χ0v) is 25.5. The predicted octanol–water partition coefficient (Wildman–Crippen LogP) is 12.4. The largest absolute Gasteiger partial charge is 0.264 e. The molecule has 0 bridgehead atoms. The van der Waals surface area contributed by atoms with Crippen LogP contribution in [0, 0.1) is 0 Å². The van der Waals surface area contributed by atoms with Gasteiger partial charge in [0.2, 0.25) is 0 Å². The number of hydrogen-bond acceptors (Lipinski definition) is 3. The Kier molecular flexibility index (Phi) is 6.96. The number of nitrogens with zero attached hydrogens (tertiary/aromatic N) is 1. The van der Waals surface area contributed by atoms with E-state index in [4.69, 9.17) is 0 Å². The molecule has 0 N–H and O–H groups in total. The van der Waals surface area contributed by atoms with Gasteiger partial charge in [0.05, 0.1) is 0 Å². The average molecular weight is 598 g/mol. The molecule has 0 aliphatic rings. The molecule has 0 saturated heterocycles. The molecular formula is C41H27NS2. The van der Waals surface area contributed by atoms with Crippen molar-refractivity contribution in [1.82, 2.24) is 4.98 Å². The minimum atomic E-state index is 1.16. The molecule has 3 heterocycles. The minimum Gasteiger partial charge on any atom is -0.264 e. The molecule has 1 nitrogen and oxygen atoms in total. The lowest BCUT2D eigenvalue weighted by Crippen LogP contribution is -1.89. The van der Waals surface area contributed by atoms with Gasteiger partial charge in [-0.05, 0) is 44.5 Å². The number of pyridine rings is 1. The van der Waals surface area contributed by atoms with Crippen molar-refractivity contribution in [1.29, 1.82) is 0 Å². The summed E-state index contributed by atoms with van der Waals surface area (Å²) < 4.78 is 0. The van der Waals surface area contributed by atoms with Gasteiger partial charge in [-0.25, -0.2) is 0 Å². The van der Waals surface area contributed by atoms with Crippen LogP contribution in [0.4, 0.5) is 0 Å². The van der Waals surface area contributed by atoms with Gasteiger partial charge in [0, 0.05) is 60.9 Å². The van der Waals surface area contributed by atoms with Crippen molar-refractivity contribution in [3.8, 4) is 65.4 Å². The van der Waals surface area contributed by atoms with Crippen LogP contribution in [-0.2, 0) is 0 Å². The topological polar surface area (TPSA) is 12.9 Å². The summed E-state index contributed by atoms with van der Waals surface area (Å²) in [5, 5.41) is 7.00. The lowest BCUT2D eigenvalue weighted by Gasteiger charge is -2.14. The van der Waals surface area contributed by atoms with E-state index in [0.717, 1.165) is 5.39 Å². The van der Waals surface area contributed by atoms with E-state index >= 15 is 0 Å². The summed E-state index contributed by atoms with van der Waals surface area (Å²) in [4.78, 5) is 7.18. The summed E-state index contributed by atoms with van der Waals surface area (Å²) in [7, 11) is 0. The molecule has 0 spiro atoms. The van der Waals surface area contributed by atoms with Gasteiger partial charge >= 0.3 is 0 Å². The van der Waals surface area contributed by atoms with Crippen LogP contribution in [-0.4, -0.2) is 4.98 Å². The van der Waals surface area contributed by atoms with E-state index in [9.17, 15) is 0 Å². The number of aromatic nitrogens is 1. The fourth-order valence-corrected chi connectivity index (χ4v) is 8.42. The second kappa shape index (κ2) is 11.5. The van der Waals surface area contributed by atoms with Crippen molar-refractivity contribution >= 4 is 33.4 Å². The summed E-state index contributed by atoms with van der Waals surface area (Å²) in [5.74, 6) is 0. The van der Waals surface area contributed by atoms with Crippen molar-refractivity contribution in [2.45, 2.75) is 0 Å². The normalized spacial score (nSPS) is 11.2. The number of fused-ring (bicyclic) bond motifs is 1. The van der Waals surface area contributed by atoms with Gasteiger partial charge in [0.25, 0.3) is 0 Å². The first-order chi connectivity index (χ1) is 21.9. The summed E-state index contributed by atoms with van der Waals surface area (Å²) in [5.41, 5.74) is 12.4. The first-order valence-electron chi connectivity index (χ1n) is 14.7. The first kappa shape index (κ1) is 26.5. The van der Waals surface area contributed by atoms with Crippen LogP contribution in [0.3, 0.4) is 0 Å². The SMILES string of the molecule is c1ccc(-c2csc(-c3ccc(-c4scc(-c5ccccc5)c4-c4ccccc4)c4cnccc34)c2-c2ccccc2)cc1. The molecule has 5 aromatic carbocycles. The smallest absolute Gasteiger partial charge is 0.0434 e. The molecule has 0 fully saturated rings. The van der Waals surface area contributed by atoms with E-state index < -0.39 is 0 Å². The Hall–Kier alpha value is -5.09. The highest BCUT2D eigenvalue weighted by Crippen LogP contribution is 2.50. The predicted molar refractivity (Wildman–Crippen MR) is 190 cm³/mol. The van der Waals surface area contributed by atoms with Gasteiger partial charge < -0.3 is 0 Å². The Morgan fingerprint density at radius 2 is 0.773 bits per heavy atom. The van der Waals surface area contributed by atoms with Crippen LogP contribution >= 0.6 is 22.7 Å². The van der Waals surface area contributed by atoms with Gasteiger partial charge in [-0.2, -0.15) is 0 Å². The van der Waals surface area contributed by atoms with Crippen LogP contribution in [0.1, 0.15) is 0 Å². The maximum atomic E-state index is 4.64. The Labute approximate surface area is 265 Å². The fourth-order valence-electron chi connectivity index (χ4n) is 6.14. The van der Waals surface area contributed by atoms with Crippen molar-refractivity contribution < 1.29 is 0 Å². The van der Waals surface area contributed by atoms with Gasteiger partial charge in [0.15, 0.2) is 0 Å². The summed E-state index contributed by atoms with van der Waals surface area (Å²) in [6, 6.07) is 49.8. The molecule has 0 amide bonds. The third kappa shape index (κ3) is 4.67. The first-order valence-corrected chi connectivity index (χ1v) is 16.4. The van der Waals surface area contributed by atoms with Crippen molar-refractivity contribution in [2.24, 2.45) is 0 Å². The van der Waals surface area contributed by atoms with Gasteiger partial charge in [-0.1, -0.05) is 133 Å². The van der Waals surface area contributed by atoms with E-state index in [2.05, 4.69) is 155 Å². The Morgan fingerprint density at radius 3 is 1.23 bits per heavy atom. The summed E-state index contributed by atoms with van der Waals surface area (Å²) in [6.07, 6.45) is 3.96. The van der Waals surface area contributed by atoms with Crippen LogP contribution < -0.4 is 0 Å². The van der Waals surface area contributed by atoms with Crippen LogP contribution in [0.25, 0.3) is 76.2 Å². The molecule has 3 aromatic heterocycles. The molecule has 3 heteroatoms. The molecule has 208 valence electrons. The van der Waals surface area contributed by atoms with E-state index in [-0.39, 0.29) is 0 Å². The lowest BCUT2D eigenvalue weighted by molar-refractivity contribution is 1.37. The van der Waals surface area contributed by atoms with Crippen molar-refractivity contribution in [2.75, 3.05) is 0 Å². The van der Waals surface area contributed by atoms with Crippen molar-refractivity contribution in [3.63, 3.8) is 0 Å². The highest BCUT2D eigenvalue weighted by atomic mass is 32.1. The average Bonchev–Trinajstić information content (AvgIpc) is 3.75. The Morgan fingerprint density at radius 1 is 0.364 bits per heavy atom. The molecule has 8 rings (SSSR count). The van der Waals surface area contributed by atoms with Gasteiger partial charge in [-0.3, -0.25) is 4.98 Å². The van der Waals surface area contributed by atoms with E-state index in [1.54, 1.807) is 0 Å². The number of rotatable bonds is 6. The fraction of sp³-hybridized carbons (Fsp3) is 0. The molecule has 44 heavy (non-hydrogen) atoms. The Bertz CT molecular complexity index is 2040. The minimum absolute atomic E-state index is 1.16. The highest BCUT2D eigenvalue weighted by Gasteiger charge is 2.22. The van der Waals surface area contributed by atoms with Crippen LogP contribution in [0.5, 0.6) is 0 Å². The van der Waals surface area contributed by atoms with Crippen LogP contribution in [0.15, 0.2) is 163 Å². The molecule has 0 radical (unpaired) electrons. The second-order valence-corrected chi connectivity index (χ2v) is 12.5. The van der Waals surface area contributed by atoms with E-state index in [0.29, 0.717) is 0 Å². The molecule has 0 saturated carbocycles. The molecule has 0 aliphatic carbocycles. The quantitative estimate of drug-likeness (QED) is 0.186. The molecule has 0 aliphatic heterocycles. The van der Waals surface area contributed by atoms with Gasteiger partial charge in [0.1, 0.15) is 0 Å². The van der Waals surface area contributed by atoms with E-state index in [1.165, 1.54) is 70.8 Å². The van der Waals surface area contributed by atoms with Crippen LogP contribution in [0.2, 0.25) is 0 Å². The third-order valence-electron chi connectivity index (χ3n) is 8.18. The summed E-state index contributed by atoms with van der Waals surface area (Å²) in [6.45, 7) is 0. The van der Waals surface area contributed by atoms with Gasteiger partial charge in [-0.15, -0.1) is 22.7 Å². The molecule has 0 atom stereocenters. The Balaban J connectivity index is 1.36. The van der Waals surface area contributed by atoms with Crippen molar-refractivity contribution in [3.05, 3.63) is 163 Å². The molecule has 8 aromatic rings.